The minimum absolute atomic E-state index is 0.664. The Morgan fingerprint density at radius 3 is 2.65 bits per heavy atom. The molecule has 1 aromatic carbocycles. The smallest absolute Gasteiger partial charge is 0.175 e. The molecule has 4 aromatic rings. The predicted molar refractivity (Wildman–Crippen MR) is 90.7 cm³/mol. The quantitative estimate of drug-likeness (QED) is 0.629. The monoisotopic (exact) mass is 301 g/mol. The maximum Gasteiger partial charge on any atom is 0.175 e. The molecule has 0 saturated heterocycles. The van der Waals surface area contributed by atoms with Crippen molar-refractivity contribution in [3.8, 4) is 11.3 Å². The van der Waals surface area contributed by atoms with E-state index in [-0.39, 0.29) is 0 Å². The molecule has 1 N–H and O–H groups in total. The van der Waals surface area contributed by atoms with Gasteiger partial charge in [0, 0.05) is 17.5 Å². The SMILES string of the molecule is Cc1cccc2nc(C=Cc3nc(-c4ccccc4)c[nH]3)nn12. The third kappa shape index (κ3) is 2.64. The highest BCUT2D eigenvalue weighted by Crippen LogP contribution is 2.16. The molecular formula is C18H15N5. The molecule has 5 nitrogen and oxygen atoms in total. The number of H-pyrrole nitrogens is 1. The summed E-state index contributed by atoms with van der Waals surface area (Å²) in [5.41, 5.74) is 3.90. The molecule has 0 aliphatic heterocycles. The van der Waals surface area contributed by atoms with Gasteiger partial charge in [-0.3, -0.25) is 0 Å². The normalized spacial score (nSPS) is 11.5. The minimum Gasteiger partial charge on any atom is -0.344 e. The van der Waals surface area contributed by atoms with Crippen molar-refractivity contribution >= 4 is 17.8 Å². The van der Waals surface area contributed by atoms with Gasteiger partial charge >= 0.3 is 0 Å². The summed E-state index contributed by atoms with van der Waals surface area (Å²) in [4.78, 5) is 12.2. The molecule has 0 aliphatic rings. The van der Waals surface area contributed by atoms with E-state index in [2.05, 4.69) is 20.1 Å². The third-order valence-electron chi connectivity index (χ3n) is 3.62. The van der Waals surface area contributed by atoms with Gasteiger partial charge in [-0.25, -0.2) is 14.5 Å². The van der Waals surface area contributed by atoms with Gasteiger partial charge in [0.1, 0.15) is 5.82 Å². The van der Waals surface area contributed by atoms with Gasteiger partial charge in [-0.15, -0.1) is 5.10 Å². The number of hydrogen-bond acceptors (Lipinski definition) is 3. The second-order valence-electron chi connectivity index (χ2n) is 5.28. The van der Waals surface area contributed by atoms with Gasteiger partial charge in [0.05, 0.1) is 5.69 Å². The van der Waals surface area contributed by atoms with E-state index in [0.717, 1.165) is 28.4 Å². The third-order valence-corrected chi connectivity index (χ3v) is 3.62. The van der Waals surface area contributed by atoms with Gasteiger partial charge in [0.15, 0.2) is 11.5 Å². The fraction of sp³-hybridized carbons (Fsp3) is 0.0556. The maximum absolute atomic E-state index is 4.56. The molecule has 3 heterocycles. The van der Waals surface area contributed by atoms with Crippen molar-refractivity contribution in [3.63, 3.8) is 0 Å². The molecule has 0 spiro atoms. The number of hydrogen-bond donors (Lipinski definition) is 1. The fourth-order valence-electron chi connectivity index (χ4n) is 2.46. The van der Waals surface area contributed by atoms with Crippen molar-refractivity contribution in [1.29, 1.82) is 0 Å². The van der Waals surface area contributed by atoms with E-state index >= 15 is 0 Å². The van der Waals surface area contributed by atoms with E-state index in [4.69, 9.17) is 0 Å². The van der Waals surface area contributed by atoms with Crippen LogP contribution in [-0.2, 0) is 0 Å². The molecule has 0 atom stereocenters. The van der Waals surface area contributed by atoms with Gasteiger partial charge in [-0.1, -0.05) is 36.4 Å². The van der Waals surface area contributed by atoms with Crippen LogP contribution in [0.2, 0.25) is 0 Å². The summed E-state index contributed by atoms with van der Waals surface area (Å²) in [6.45, 7) is 2.01. The first kappa shape index (κ1) is 13.5. The molecular weight excluding hydrogens is 286 g/mol. The highest BCUT2D eigenvalue weighted by atomic mass is 15.3. The zero-order chi connectivity index (χ0) is 15.6. The van der Waals surface area contributed by atoms with Gasteiger partial charge < -0.3 is 4.98 Å². The Morgan fingerprint density at radius 2 is 1.83 bits per heavy atom. The number of aromatic nitrogens is 5. The van der Waals surface area contributed by atoms with Crippen LogP contribution in [0, 0.1) is 6.92 Å². The summed E-state index contributed by atoms with van der Waals surface area (Å²) in [6, 6.07) is 16.0. The number of pyridine rings is 1. The highest BCUT2D eigenvalue weighted by molar-refractivity contribution is 5.66. The lowest BCUT2D eigenvalue weighted by atomic mass is 10.2. The molecule has 0 amide bonds. The standard InChI is InChI=1S/C18H15N5/c1-13-6-5-9-18-21-17(22-23(13)18)11-10-16-19-12-15(20-16)14-7-3-2-4-8-14/h2-12H,1H3,(H,19,20). The van der Waals surface area contributed by atoms with Crippen LogP contribution in [0.1, 0.15) is 17.3 Å². The topological polar surface area (TPSA) is 58.9 Å². The molecule has 0 unspecified atom stereocenters. The zero-order valence-electron chi connectivity index (χ0n) is 12.6. The second kappa shape index (κ2) is 5.53. The van der Waals surface area contributed by atoms with Crippen molar-refractivity contribution in [2.45, 2.75) is 6.92 Å². The summed E-state index contributed by atoms with van der Waals surface area (Å²) in [7, 11) is 0. The number of aryl methyl sites for hydroxylation is 1. The Hall–Kier alpha value is -3.21. The molecule has 0 radical (unpaired) electrons. The molecule has 0 fully saturated rings. The van der Waals surface area contributed by atoms with E-state index in [9.17, 15) is 0 Å². The van der Waals surface area contributed by atoms with Crippen molar-refractivity contribution in [1.82, 2.24) is 24.6 Å². The van der Waals surface area contributed by atoms with Crippen LogP contribution in [0.15, 0.2) is 54.7 Å². The second-order valence-corrected chi connectivity index (χ2v) is 5.28. The van der Waals surface area contributed by atoms with Crippen molar-refractivity contribution < 1.29 is 0 Å². The lowest BCUT2D eigenvalue weighted by Crippen LogP contribution is -1.91. The molecule has 112 valence electrons. The molecule has 0 saturated carbocycles. The molecule has 23 heavy (non-hydrogen) atoms. The molecule has 3 aromatic heterocycles. The molecule has 4 rings (SSSR count). The van der Waals surface area contributed by atoms with Crippen LogP contribution in [0.5, 0.6) is 0 Å². The number of nitrogens with zero attached hydrogens (tertiary/aromatic N) is 4. The Morgan fingerprint density at radius 1 is 0.957 bits per heavy atom. The molecule has 5 heteroatoms. The molecule has 0 aliphatic carbocycles. The highest BCUT2D eigenvalue weighted by Gasteiger charge is 2.03. The summed E-state index contributed by atoms with van der Waals surface area (Å²) >= 11 is 0. The first-order valence-electron chi connectivity index (χ1n) is 7.41. The number of benzene rings is 1. The number of aromatic amines is 1. The number of imidazole rings is 1. The van der Waals surface area contributed by atoms with Gasteiger partial charge in [-0.05, 0) is 31.2 Å². The summed E-state index contributed by atoms with van der Waals surface area (Å²) in [6.07, 6.45) is 5.65. The fourth-order valence-corrected chi connectivity index (χ4v) is 2.46. The Kier molecular flexibility index (Phi) is 3.24. The van der Waals surface area contributed by atoms with Crippen LogP contribution in [-0.4, -0.2) is 24.6 Å². The van der Waals surface area contributed by atoms with Crippen LogP contribution in [0.25, 0.3) is 29.1 Å². The van der Waals surface area contributed by atoms with Crippen LogP contribution < -0.4 is 0 Å². The van der Waals surface area contributed by atoms with Crippen LogP contribution in [0.4, 0.5) is 0 Å². The minimum atomic E-state index is 0.664. The predicted octanol–water partition coefficient (Wildman–Crippen LogP) is 3.60. The first-order valence-corrected chi connectivity index (χ1v) is 7.41. The average Bonchev–Trinajstić information content (AvgIpc) is 3.21. The van der Waals surface area contributed by atoms with Crippen LogP contribution in [0.3, 0.4) is 0 Å². The number of fused-ring (bicyclic) bond motifs is 1. The Bertz CT molecular complexity index is 979. The molecule has 0 bridgehead atoms. The summed E-state index contributed by atoms with van der Waals surface area (Å²) < 4.78 is 1.83. The lowest BCUT2D eigenvalue weighted by molar-refractivity contribution is 0.909. The van der Waals surface area contributed by atoms with E-state index in [1.54, 1.807) is 0 Å². The van der Waals surface area contributed by atoms with Crippen molar-refractivity contribution in [2.24, 2.45) is 0 Å². The van der Waals surface area contributed by atoms with Gasteiger partial charge in [0.25, 0.3) is 0 Å². The average molecular weight is 301 g/mol. The van der Waals surface area contributed by atoms with E-state index < -0.39 is 0 Å². The number of nitrogens with one attached hydrogen (secondary N) is 1. The van der Waals surface area contributed by atoms with Crippen LogP contribution >= 0.6 is 0 Å². The zero-order valence-corrected chi connectivity index (χ0v) is 12.6. The summed E-state index contributed by atoms with van der Waals surface area (Å²) in [5, 5.41) is 4.47. The lowest BCUT2D eigenvalue weighted by Gasteiger charge is -1.93. The van der Waals surface area contributed by atoms with Gasteiger partial charge in [-0.2, -0.15) is 0 Å². The maximum atomic E-state index is 4.56. The Balaban J connectivity index is 1.61. The van der Waals surface area contributed by atoms with E-state index in [1.165, 1.54) is 0 Å². The van der Waals surface area contributed by atoms with Gasteiger partial charge in [0.2, 0.25) is 0 Å². The number of rotatable bonds is 3. The Labute approximate surface area is 133 Å². The van der Waals surface area contributed by atoms with Crippen molar-refractivity contribution in [2.75, 3.05) is 0 Å². The largest absolute Gasteiger partial charge is 0.344 e. The summed E-state index contributed by atoms with van der Waals surface area (Å²) in [5.74, 6) is 1.44. The van der Waals surface area contributed by atoms with E-state index in [1.807, 2.05) is 78.3 Å². The van der Waals surface area contributed by atoms with E-state index in [0.29, 0.717) is 5.82 Å². The first-order chi connectivity index (χ1) is 11.3. The van der Waals surface area contributed by atoms with Crippen molar-refractivity contribution in [3.05, 3.63) is 72.1 Å².